The van der Waals surface area contributed by atoms with E-state index in [2.05, 4.69) is 10.6 Å². The number of hydrogen-bond donors (Lipinski definition) is 2. The number of rotatable bonds is 4. The number of nitrogens with zero attached hydrogens (tertiary/aromatic N) is 2. The third-order valence-electron chi connectivity index (χ3n) is 4.19. The Labute approximate surface area is 160 Å². The number of hydrogen-bond acceptors (Lipinski definition) is 6. The number of thiocarbonyl (C=S) groups is 1. The molecule has 1 saturated heterocycles. The van der Waals surface area contributed by atoms with E-state index in [1.54, 1.807) is 31.2 Å². The van der Waals surface area contributed by atoms with Crippen LogP contribution in [0.2, 0.25) is 0 Å². The average Bonchev–Trinajstić information content (AvgIpc) is 3.29. The molecule has 1 aromatic carbocycles. The third-order valence-corrected chi connectivity index (χ3v) is 5.26. The maximum atomic E-state index is 12.1. The molecule has 1 fully saturated rings. The summed E-state index contributed by atoms with van der Waals surface area (Å²) in [6, 6.07) is 6.78. The van der Waals surface area contributed by atoms with E-state index in [0.717, 1.165) is 25.9 Å². The Hall–Kier alpha value is -2.52. The quantitative estimate of drug-likeness (QED) is 0.470. The molecule has 136 valence electrons. The van der Waals surface area contributed by atoms with Crippen LogP contribution in [0.25, 0.3) is 0 Å². The molecular formula is C17H18N4O3S2. The highest BCUT2D eigenvalue weighted by Crippen LogP contribution is 2.35. The number of nitro groups is 1. The molecule has 0 atom stereocenters. The number of nitrogens with one attached hydrogen (secondary N) is 2. The Kier molecular flexibility index (Phi) is 5.48. The van der Waals surface area contributed by atoms with Crippen LogP contribution in [-0.2, 0) is 0 Å². The number of amides is 1. The van der Waals surface area contributed by atoms with Crippen LogP contribution in [0.4, 0.5) is 17.1 Å². The Morgan fingerprint density at radius 2 is 2.08 bits per heavy atom. The van der Waals surface area contributed by atoms with Crippen molar-refractivity contribution in [1.29, 1.82) is 0 Å². The number of nitro benzene ring substituents is 1. The fourth-order valence-corrected chi connectivity index (χ4v) is 3.72. The highest BCUT2D eigenvalue weighted by atomic mass is 32.1. The van der Waals surface area contributed by atoms with Gasteiger partial charge in [-0.2, -0.15) is 0 Å². The summed E-state index contributed by atoms with van der Waals surface area (Å²) in [5.74, 6) is -0.281. The number of thiophene rings is 1. The van der Waals surface area contributed by atoms with Crippen LogP contribution in [0.1, 0.15) is 28.1 Å². The first-order chi connectivity index (χ1) is 12.5. The molecule has 7 nitrogen and oxygen atoms in total. The second kappa shape index (κ2) is 7.79. The molecule has 0 bridgehead atoms. The molecule has 0 saturated carbocycles. The second-order valence-electron chi connectivity index (χ2n) is 5.99. The maximum absolute atomic E-state index is 12.1. The van der Waals surface area contributed by atoms with Crippen LogP contribution in [0.15, 0.2) is 29.6 Å². The molecule has 1 aliphatic rings. The predicted molar refractivity (Wildman–Crippen MR) is 107 cm³/mol. The van der Waals surface area contributed by atoms with Gasteiger partial charge in [0.25, 0.3) is 11.6 Å². The van der Waals surface area contributed by atoms with Crippen LogP contribution in [0, 0.1) is 17.0 Å². The van der Waals surface area contributed by atoms with E-state index in [1.165, 1.54) is 11.3 Å². The minimum absolute atomic E-state index is 0.0866. The van der Waals surface area contributed by atoms with Crippen molar-refractivity contribution in [3.63, 3.8) is 0 Å². The van der Waals surface area contributed by atoms with E-state index < -0.39 is 0 Å². The van der Waals surface area contributed by atoms with Gasteiger partial charge in [0, 0.05) is 24.8 Å². The first kappa shape index (κ1) is 18.3. The molecule has 2 N–H and O–H groups in total. The maximum Gasteiger partial charge on any atom is 0.292 e. The lowest BCUT2D eigenvalue weighted by atomic mass is 10.1. The monoisotopic (exact) mass is 390 g/mol. The van der Waals surface area contributed by atoms with Gasteiger partial charge < -0.3 is 10.2 Å². The molecule has 0 spiro atoms. The SMILES string of the molecule is Cc1cc([N+](=O)[O-])c(N2CCCC2)cc1NC(=S)NC(=O)c1cccs1. The van der Waals surface area contributed by atoms with Crippen molar-refractivity contribution >= 4 is 51.6 Å². The lowest BCUT2D eigenvalue weighted by Gasteiger charge is -2.20. The summed E-state index contributed by atoms with van der Waals surface area (Å²) in [5, 5.41) is 19.0. The Morgan fingerprint density at radius 3 is 2.69 bits per heavy atom. The standard InChI is InChI=1S/C17H18N4O3S2/c1-11-9-14(21(23)24)13(20-6-2-3-7-20)10-12(11)18-17(25)19-16(22)15-5-4-8-26-15/h4-5,8-10H,2-3,6-7H2,1H3,(H2,18,19,22,25). The predicted octanol–water partition coefficient (Wildman–Crippen LogP) is 3.69. The van der Waals surface area contributed by atoms with Crippen molar-refractivity contribution in [3.8, 4) is 0 Å². The number of carbonyl (C=O) groups is 1. The first-order valence-electron chi connectivity index (χ1n) is 8.15. The minimum Gasteiger partial charge on any atom is -0.366 e. The Balaban J connectivity index is 1.80. The van der Waals surface area contributed by atoms with Crippen molar-refractivity contribution in [2.24, 2.45) is 0 Å². The van der Waals surface area contributed by atoms with Crippen LogP contribution in [0.3, 0.4) is 0 Å². The van der Waals surface area contributed by atoms with E-state index in [9.17, 15) is 14.9 Å². The van der Waals surface area contributed by atoms with Gasteiger partial charge >= 0.3 is 0 Å². The topological polar surface area (TPSA) is 87.5 Å². The second-order valence-corrected chi connectivity index (χ2v) is 7.35. The fraction of sp³-hybridized carbons (Fsp3) is 0.294. The van der Waals surface area contributed by atoms with Crippen molar-refractivity contribution in [1.82, 2.24) is 5.32 Å². The van der Waals surface area contributed by atoms with Crippen LogP contribution >= 0.6 is 23.6 Å². The molecule has 1 aromatic heterocycles. The van der Waals surface area contributed by atoms with Crippen molar-refractivity contribution < 1.29 is 9.72 Å². The average molecular weight is 390 g/mol. The van der Waals surface area contributed by atoms with E-state index in [-0.39, 0.29) is 21.6 Å². The minimum atomic E-state index is -0.360. The normalized spacial score (nSPS) is 13.5. The van der Waals surface area contributed by atoms with E-state index >= 15 is 0 Å². The molecular weight excluding hydrogens is 372 g/mol. The molecule has 1 aliphatic heterocycles. The van der Waals surface area contributed by atoms with Gasteiger partial charge in [-0.15, -0.1) is 11.3 Å². The van der Waals surface area contributed by atoms with Crippen LogP contribution in [-0.4, -0.2) is 29.0 Å². The van der Waals surface area contributed by atoms with Gasteiger partial charge in [-0.1, -0.05) is 6.07 Å². The number of benzene rings is 1. The summed E-state index contributed by atoms with van der Waals surface area (Å²) < 4.78 is 0. The zero-order chi connectivity index (χ0) is 18.7. The van der Waals surface area contributed by atoms with Crippen LogP contribution in [0.5, 0.6) is 0 Å². The summed E-state index contributed by atoms with van der Waals surface area (Å²) >= 11 is 6.55. The molecule has 3 rings (SSSR count). The number of aryl methyl sites for hydroxylation is 1. The highest BCUT2D eigenvalue weighted by Gasteiger charge is 2.24. The van der Waals surface area contributed by atoms with Gasteiger partial charge in [0.1, 0.15) is 5.69 Å². The Morgan fingerprint density at radius 1 is 1.35 bits per heavy atom. The highest BCUT2D eigenvalue weighted by molar-refractivity contribution is 7.80. The smallest absolute Gasteiger partial charge is 0.292 e. The van der Waals surface area contributed by atoms with E-state index in [4.69, 9.17) is 12.2 Å². The molecule has 26 heavy (non-hydrogen) atoms. The summed E-state index contributed by atoms with van der Waals surface area (Å²) in [7, 11) is 0. The van der Waals surface area contributed by atoms with Gasteiger partial charge in [-0.25, -0.2) is 0 Å². The lowest BCUT2D eigenvalue weighted by Crippen LogP contribution is -2.34. The van der Waals surface area contributed by atoms with Gasteiger partial charge in [0.2, 0.25) is 0 Å². The van der Waals surface area contributed by atoms with E-state index in [1.807, 2.05) is 10.3 Å². The zero-order valence-electron chi connectivity index (χ0n) is 14.2. The molecule has 2 aromatic rings. The van der Waals surface area contributed by atoms with Gasteiger partial charge in [-0.3, -0.25) is 20.2 Å². The lowest BCUT2D eigenvalue weighted by molar-refractivity contribution is -0.384. The third kappa shape index (κ3) is 4.00. The van der Waals surface area contributed by atoms with E-state index in [0.29, 0.717) is 21.8 Å². The molecule has 2 heterocycles. The summed E-state index contributed by atoms with van der Waals surface area (Å²) in [6.45, 7) is 3.36. The summed E-state index contributed by atoms with van der Waals surface area (Å²) in [6.07, 6.45) is 2.03. The molecule has 9 heteroatoms. The molecule has 0 unspecified atom stereocenters. The number of anilines is 2. The fourth-order valence-electron chi connectivity index (χ4n) is 2.90. The van der Waals surface area contributed by atoms with Crippen molar-refractivity contribution in [2.75, 3.05) is 23.3 Å². The first-order valence-corrected chi connectivity index (χ1v) is 9.44. The van der Waals surface area contributed by atoms with Gasteiger partial charge in [-0.05, 0) is 55.1 Å². The Bertz CT molecular complexity index is 846. The molecule has 0 aliphatic carbocycles. The van der Waals surface area contributed by atoms with Crippen LogP contribution < -0.4 is 15.5 Å². The zero-order valence-corrected chi connectivity index (χ0v) is 15.8. The van der Waals surface area contributed by atoms with Gasteiger partial charge in [0.15, 0.2) is 5.11 Å². The molecule has 1 amide bonds. The summed E-state index contributed by atoms with van der Waals surface area (Å²) in [5.41, 5.74) is 2.00. The summed E-state index contributed by atoms with van der Waals surface area (Å²) in [4.78, 5) is 25.7. The largest absolute Gasteiger partial charge is 0.366 e. The molecule has 0 radical (unpaired) electrons. The number of carbonyl (C=O) groups excluding carboxylic acids is 1. The van der Waals surface area contributed by atoms with Crippen molar-refractivity contribution in [2.45, 2.75) is 19.8 Å². The van der Waals surface area contributed by atoms with Crippen molar-refractivity contribution in [3.05, 3.63) is 50.2 Å². The van der Waals surface area contributed by atoms with Gasteiger partial charge in [0.05, 0.1) is 9.80 Å².